The number of carbonyl (C=O) groups is 4. The average molecular weight is 335 g/mol. The van der Waals surface area contributed by atoms with Gasteiger partial charge in [-0.25, -0.2) is 0 Å². The van der Waals surface area contributed by atoms with Crippen molar-refractivity contribution in [2.24, 2.45) is 5.92 Å². The molecule has 1 aromatic rings. The normalized spacial score (nSPS) is 10.1. The van der Waals surface area contributed by atoms with E-state index in [1.54, 1.807) is 24.3 Å². The van der Waals surface area contributed by atoms with Crippen LogP contribution in [0.4, 0.5) is 0 Å². The molecule has 1 unspecified atom stereocenters. The predicted octanol–water partition coefficient (Wildman–Crippen LogP) is 3.81. The molecule has 0 radical (unpaired) electrons. The fourth-order valence-corrected chi connectivity index (χ4v) is 1.86. The minimum atomic E-state index is -0.183. The van der Waals surface area contributed by atoms with Crippen molar-refractivity contribution < 1.29 is 19.2 Å². The van der Waals surface area contributed by atoms with Gasteiger partial charge >= 0.3 is 0 Å². The van der Waals surface area contributed by atoms with Crippen LogP contribution >= 0.6 is 0 Å². The Morgan fingerprint density at radius 2 is 1.46 bits per heavy atom. The summed E-state index contributed by atoms with van der Waals surface area (Å²) in [5, 5.41) is 2.11. The summed E-state index contributed by atoms with van der Waals surface area (Å²) in [7, 11) is 0. The first kappa shape index (κ1) is 24.0. The number of amides is 2. The van der Waals surface area contributed by atoms with E-state index in [0.717, 1.165) is 12.8 Å². The number of imide groups is 1. The molecular formula is C19H29NO4. The molecule has 0 aliphatic rings. The standard InChI is InChI=1S/C10H10O2.C7H13NO2.C2H6/c1-7(11)9-5-3-4-6-10(9)8(2)12;1-3-4-6(2)7(10)8-5-9;1-2/h3-6H,1-2H3;5-6H,3-4H2,1-2H3,(H,8,9,10);1-2H3. The minimum absolute atomic E-state index is 0.0461. The maximum Gasteiger partial charge on any atom is 0.229 e. The highest BCUT2D eigenvalue weighted by atomic mass is 16.2. The van der Waals surface area contributed by atoms with Gasteiger partial charge < -0.3 is 0 Å². The first-order valence-corrected chi connectivity index (χ1v) is 8.20. The number of carbonyl (C=O) groups excluding carboxylic acids is 4. The Balaban J connectivity index is 0. The van der Waals surface area contributed by atoms with Crippen molar-refractivity contribution in [3.8, 4) is 0 Å². The van der Waals surface area contributed by atoms with Crippen LogP contribution in [0.25, 0.3) is 0 Å². The van der Waals surface area contributed by atoms with Crippen molar-refractivity contribution in [1.82, 2.24) is 5.32 Å². The summed E-state index contributed by atoms with van der Waals surface area (Å²) in [6.07, 6.45) is 2.22. The molecule has 5 heteroatoms. The molecule has 1 rings (SSSR count). The molecule has 0 bridgehead atoms. The number of nitrogens with one attached hydrogen (secondary N) is 1. The number of hydrogen-bond acceptors (Lipinski definition) is 4. The topological polar surface area (TPSA) is 80.3 Å². The monoisotopic (exact) mass is 335 g/mol. The Morgan fingerprint density at radius 1 is 1.04 bits per heavy atom. The lowest BCUT2D eigenvalue weighted by molar-refractivity contribution is -0.128. The molecule has 0 heterocycles. The van der Waals surface area contributed by atoms with Crippen LogP contribution in [-0.4, -0.2) is 23.9 Å². The molecule has 0 fully saturated rings. The van der Waals surface area contributed by atoms with Crippen molar-refractivity contribution in [2.75, 3.05) is 0 Å². The summed E-state index contributed by atoms with van der Waals surface area (Å²) in [5.41, 5.74) is 1.01. The van der Waals surface area contributed by atoms with Gasteiger partial charge in [0.1, 0.15) is 0 Å². The van der Waals surface area contributed by atoms with Crippen molar-refractivity contribution in [1.29, 1.82) is 0 Å². The lowest BCUT2D eigenvalue weighted by Crippen LogP contribution is -2.27. The Labute approximate surface area is 144 Å². The predicted molar refractivity (Wildman–Crippen MR) is 96.1 cm³/mol. The van der Waals surface area contributed by atoms with Gasteiger partial charge in [-0.15, -0.1) is 0 Å². The van der Waals surface area contributed by atoms with Crippen LogP contribution in [0.3, 0.4) is 0 Å². The highest BCUT2D eigenvalue weighted by Crippen LogP contribution is 2.09. The van der Waals surface area contributed by atoms with E-state index in [9.17, 15) is 19.2 Å². The summed E-state index contributed by atoms with van der Waals surface area (Å²) in [6.45, 7) is 10.7. The maximum atomic E-state index is 11.0. The van der Waals surface area contributed by atoms with Crippen LogP contribution in [0, 0.1) is 5.92 Å². The van der Waals surface area contributed by atoms with Crippen LogP contribution < -0.4 is 5.32 Å². The Kier molecular flexibility index (Phi) is 14.3. The van der Waals surface area contributed by atoms with Gasteiger partial charge in [0.05, 0.1) is 0 Å². The van der Waals surface area contributed by atoms with E-state index in [-0.39, 0.29) is 23.4 Å². The molecule has 0 aromatic heterocycles. The minimum Gasteiger partial charge on any atom is -0.299 e. The van der Waals surface area contributed by atoms with E-state index in [4.69, 9.17) is 0 Å². The van der Waals surface area contributed by atoms with E-state index in [1.165, 1.54) is 13.8 Å². The summed E-state index contributed by atoms with van der Waals surface area (Å²) in [4.78, 5) is 42.6. The molecule has 2 amide bonds. The van der Waals surface area contributed by atoms with Crippen LogP contribution in [0.1, 0.15) is 75.1 Å². The van der Waals surface area contributed by atoms with Crippen LogP contribution in [0.15, 0.2) is 24.3 Å². The molecule has 24 heavy (non-hydrogen) atoms. The summed E-state index contributed by atoms with van der Waals surface area (Å²) >= 11 is 0. The second-order valence-electron chi connectivity index (χ2n) is 4.97. The number of hydrogen-bond donors (Lipinski definition) is 1. The SMILES string of the molecule is CC.CC(=O)c1ccccc1C(C)=O.CCCC(C)C(=O)NC=O. The van der Waals surface area contributed by atoms with Gasteiger partial charge in [-0.1, -0.05) is 58.4 Å². The van der Waals surface area contributed by atoms with Gasteiger partial charge in [-0.2, -0.15) is 0 Å². The summed E-state index contributed by atoms with van der Waals surface area (Å²) < 4.78 is 0. The number of rotatable bonds is 6. The van der Waals surface area contributed by atoms with Crippen LogP contribution in [0.5, 0.6) is 0 Å². The van der Waals surface area contributed by atoms with Crippen LogP contribution in [0.2, 0.25) is 0 Å². The summed E-state index contributed by atoms with van der Waals surface area (Å²) in [5.74, 6) is -0.367. The fourth-order valence-electron chi connectivity index (χ4n) is 1.86. The van der Waals surface area contributed by atoms with Gasteiger partial charge in [-0.3, -0.25) is 24.5 Å². The molecule has 0 spiro atoms. The van der Waals surface area contributed by atoms with E-state index in [2.05, 4.69) is 5.32 Å². The van der Waals surface area contributed by atoms with Gasteiger partial charge in [0.2, 0.25) is 12.3 Å². The zero-order chi connectivity index (χ0) is 19.1. The first-order valence-electron chi connectivity index (χ1n) is 8.20. The van der Waals surface area contributed by atoms with Crippen LogP contribution in [-0.2, 0) is 9.59 Å². The number of benzene rings is 1. The number of Topliss-reactive ketones (excluding diaryl/α,β-unsaturated/α-hetero) is 2. The highest BCUT2D eigenvalue weighted by Gasteiger charge is 2.09. The van der Waals surface area contributed by atoms with E-state index in [1.807, 2.05) is 27.7 Å². The highest BCUT2D eigenvalue weighted by molar-refractivity contribution is 6.07. The Morgan fingerprint density at radius 3 is 1.75 bits per heavy atom. The van der Waals surface area contributed by atoms with Crippen molar-refractivity contribution >= 4 is 23.9 Å². The van der Waals surface area contributed by atoms with Gasteiger partial charge in [0.15, 0.2) is 11.6 Å². The molecule has 134 valence electrons. The van der Waals surface area contributed by atoms with Gasteiger partial charge in [-0.05, 0) is 20.3 Å². The second-order valence-corrected chi connectivity index (χ2v) is 4.97. The van der Waals surface area contributed by atoms with Gasteiger partial charge in [0.25, 0.3) is 0 Å². The zero-order valence-corrected chi connectivity index (χ0v) is 15.5. The zero-order valence-electron chi connectivity index (χ0n) is 15.5. The Hall–Kier alpha value is -2.30. The largest absolute Gasteiger partial charge is 0.299 e. The van der Waals surface area contributed by atoms with E-state index in [0.29, 0.717) is 17.5 Å². The summed E-state index contributed by atoms with van der Waals surface area (Å²) in [6, 6.07) is 6.84. The first-order chi connectivity index (χ1) is 11.3. The lowest BCUT2D eigenvalue weighted by atomic mass is 10.0. The van der Waals surface area contributed by atoms with Crippen molar-refractivity contribution in [3.63, 3.8) is 0 Å². The number of ketones is 2. The van der Waals surface area contributed by atoms with E-state index < -0.39 is 0 Å². The van der Waals surface area contributed by atoms with Crippen molar-refractivity contribution in [3.05, 3.63) is 35.4 Å². The fraction of sp³-hybridized carbons (Fsp3) is 0.474. The molecule has 0 saturated carbocycles. The molecule has 0 aliphatic heterocycles. The molecule has 0 aliphatic carbocycles. The van der Waals surface area contributed by atoms with Gasteiger partial charge in [0, 0.05) is 17.0 Å². The third-order valence-electron chi connectivity index (χ3n) is 3.06. The average Bonchev–Trinajstić information content (AvgIpc) is 2.57. The molecule has 1 N–H and O–H groups in total. The van der Waals surface area contributed by atoms with Crippen molar-refractivity contribution in [2.45, 2.75) is 54.4 Å². The third kappa shape index (κ3) is 9.66. The maximum absolute atomic E-state index is 11.0. The lowest BCUT2D eigenvalue weighted by Gasteiger charge is -2.05. The molecular weight excluding hydrogens is 306 g/mol. The third-order valence-corrected chi connectivity index (χ3v) is 3.06. The Bertz CT molecular complexity index is 505. The quantitative estimate of drug-likeness (QED) is 0.633. The molecule has 1 atom stereocenters. The smallest absolute Gasteiger partial charge is 0.229 e. The van der Waals surface area contributed by atoms with E-state index >= 15 is 0 Å². The second kappa shape index (κ2) is 14.3. The molecule has 5 nitrogen and oxygen atoms in total. The molecule has 0 saturated heterocycles. The molecule has 1 aromatic carbocycles.